The molecule has 0 bridgehead atoms. The molecule has 2 atom stereocenters. The van der Waals surface area contributed by atoms with Crippen molar-refractivity contribution >= 4 is 11.8 Å². The molecule has 0 unspecified atom stereocenters. The Labute approximate surface area is 243 Å². The predicted molar refractivity (Wildman–Crippen MR) is 156 cm³/mol. The summed E-state index contributed by atoms with van der Waals surface area (Å²) in [5, 5.41) is 15.6. The van der Waals surface area contributed by atoms with Gasteiger partial charge in [-0.2, -0.15) is 10.2 Å². The Hall–Kier alpha value is -4.09. The first kappa shape index (κ1) is 28.0. The largest absolute Gasteiger partial charge is 0.383 e. The Bertz CT molecular complexity index is 1550. The van der Waals surface area contributed by atoms with Crippen LogP contribution >= 0.6 is 0 Å². The van der Waals surface area contributed by atoms with Gasteiger partial charge in [-0.3, -0.25) is 14.9 Å². The zero-order valence-corrected chi connectivity index (χ0v) is 23.8. The van der Waals surface area contributed by atoms with Gasteiger partial charge >= 0.3 is 6.03 Å². The van der Waals surface area contributed by atoms with E-state index < -0.39 is 17.7 Å². The summed E-state index contributed by atoms with van der Waals surface area (Å²) in [5.74, 6) is -0.786. The summed E-state index contributed by atoms with van der Waals surface area (Å²) in [4.78, 5) is 15.7. The maximum absolute atomic E-state index is 14.1. The smallest absolute Gasteiger partial charge is 0.320 e. The molecule has 2 aliphatic rings. The van der Waals surface area contributed by atoms with Gasteiger partial charge in [0.25, 0.3) is 0 Å². The zero-order valence-electron chi connectivity index (χ0n) is 23.8. The van der Waals surface area contributed by atoms with Crippen LogP contribution in [0.4, 0.5) is 19.4 Å². The number of amides is 2. The van der Waals surface area contributed by atoms with Crippen molar-refractivity contribution in [1.82, 2.24) is 29.8 Å². The first-order valence-corrected chi connectivity index (χ1v) is 14.3. The number of hydrogen-bond donors (Lipinski definition) is 2. The molecule has 0 radical (unpaired) electrons. The van der Waals surface area contributed by atoms with Crippen LogP contribution < -0.4 is 10.6 Å². The van der Waals surface area contributed by atoms with Gasteiger partial charge in [-0.05, 0) is 55.5 Å². The molecule has 0 spiro atoms. The monoisotopic (exact) mass is 575 g/mol. The minimum absolute atomic E-state index is 0.226. The molecule has 1 aliphatic heterocycles. The second-order valence-corrected chi connectivity index (χ2v) is 11.2. The number of benzene rings is 2. The number of likely N-dealkylation sites (tertiary alicyclic amines) is 1. The van der Waals surface area contributed by atoms with E-state index in [2.05, 4.69) is 20.6 Å². The third-order valence-corrected chi connectivity index (χ3v) is 8.10. The highest BCUT2D eigenvalue weighted by molar-refractivity contribution is 5.91. The molecule has 2 fully saturated rings. The molecule has 2 aromatic heterocycles. The Balaban J connectivity index is 1.26. The first-order chi connectivity index (χ1) is 20.4. The van der Waals surface area contributed by atoms with Crippen LogP contribution in [0.2, 0.25) is 0 Å². The fraction of sp³-hybridized carbons (Fsp3) is 0.387. The van der Waals surface area contributed by atoms with Crippen LogP contribution in [0.3, 0.4) is 0 Å². The van der Waals surface area contributed by atoms with E-state index in [4.69, 9.17) is 9.84 Å². The Morgan fingerprint density at radius 2 is 1.90 bits per heavy atom. The molecular formula is C31H35F2N7O2. The van der Waals surface area contributed by atoms with Gasteiger partial charge in [0.05, 0.1) is 24.5 Å². The summed E-state index contributed by atoms with van der Waals surface area (Å²) in [6, 6.07) is 12.8. The fourth-order valence-corrected chi connectivity index (χ4v) is 5.65. The Morgan fingerprint density at radius 1 is 1.10 bits per heavy atom. The lowest BCUT2D eigenvalue weighted by molar-refractivity contribution is 0.159. The van der Waals surface area contributed by atoms with E-state index in [1.165, 1.54) is 18.9 Å². The van der Waals surface area contributed by atoms with E-state index in [-0.39, 0.29) is 12.0 Å². The summed E-state index contributed by atoms with van der Waals surface area (Å²) in [7, 11) is 1.64. The van der Waals surface area contributed by atoms with Crippen molar-refractivity contribution in [2.45, 2.75) is 38.3 Å². The molecule has 1 aliphatic carbocycles. The van der Waals surface area contributed by atoms with Crippen molar-refractivity contribution in [3.63, 3.8) is 0 Å². The molecule has 2 amide bonds. The third kappa shape index (κ3) is 6.07. The number of nitrogens with zero attached hydrogens (tertiary/aromatic N) is 5. The number of hydrogen-bond acceptors (Lipinski definition) is 5. The van der Waals surface area contributed by atoms with Crippen LogP contribution in [0.25, 0.3) is 16.9 Å². The third-order valence-electron chi connectivity index (χ3n) is 8.10. The van der Waals surface area contributed by atoms with Gasteiger partial charge in [0.2, 0.25) is 0 Å². The number of anilines is 1. The molecular weight excluding hydrogens is 540 g/mol. The maximum Gasteiger partial charge on any atom is 0.320 e. The molecule has 3 heterocycles. The quantitative estimate of drug-likeness (QED) is 0.279. The second kappa shape index (κ2) is 12.0. The minimum Gasteiger partial charge on any atom is -0.383 e. The van der Waals surface area contributed by atoms with E-state index in [0.29, 0.717) is 43.5 Å². The number of aromatic nitrogens is 4. The first-order valence-electron chi connectivity index (χ1n) is 14.3. The molecule has 6 rings (SSSR count). The number of methoxy groups -OCH3 is 1. The minimum atomic E-state index is -0.901. The summed E-state index contributed by atoms with van der Waals surface area (Å²) in [6.07, 6.45) is 6.30. The molecule has 220 valence electrons. The molecule has 1 saturated heterocycles. The van der Waals surface area contributed by atoms with Gasteiger partial charge in [-0.25, -0.2) is 18.3 Å². The van der Waals surface area contributed by atoms with E-state index in [0.717, 1.165) is 35.1 Å². The lowest BCUT2D eigenvalue weighted by Crippen LogP contribution is -2.42. The molecule has 4 aromatic rings. The highest BCUT2D eigenvalue weighted by Crippen LogP contribution is 2.33. The average molecular weight is 576 g/mol. The van der Waals surface area contributed by atoms with Gasteiger partial charge in [-0.15, -0.1) is 0 Å². The molecule has 9 nitrogen and oxygen atoms in total. The van der Waals surface area contributed by atoms with Crippen molar-refractivity contribution in [3.05, 3.63) is 83.7 Å². The number of rotatable bonds is 10. The van der Waals surface area contributed by atoms with E-state index in [1.54, 1.807) is 17.9 Å². The van der Waals surface area contributed by atoms with Crippen molar-refractivity contribution in [1.29, 1.82) is 0 Å². The summed E-state index contributed by atoms with van der Waals surface area (Å²) >= 11 is 0. The lowest BCUT2D eigenvalue weighted by Gasteiger charge is -2.21. The topological polar surface area (TPSA) is 89.2 Å². The predicted octanol–water partition coefficient (Wildman–Crippen LogP) is 4.97. The number of carbonyl (C=O) groups is 1. The van der Waals surface area contributed by atoms with Crippen molar-refractivity contribution in [2.75, 3.05) is 38.7 Å². The van der Waals surface area contributed by atoms with E-state index >= 15 is 0 Å². The van der Waals surface area contributed by atoms with Crippen molar-refractivity contribution in [3.8, 4) is 16.9 Å². The van der Waals surface area contributed by atoms with Gasteiger partial charge in [0, 0.05) is 56.5 Å². The number of nitrogens with one attached hydrogen (secondary N) is 2. The molecule has 42 heavy (non-hydrogen) atoms. The molecule has 2 N–H and O–H groups in total. The van der Waals surface area contributed by atoms with Crippen LogP contribution in [0.1, 0.15) is 29.9 Å². The van der Waals surface area contributed by atoms with Gasteiger partial charge in [0.15, 0.2) is 11.6 Å². The summed E-state index contributed by atoms with van der Waals surface area (Å²) in [5.41, 5.74) is 3.87. The summed E-state index contributed by atoms with van der Waals surface area (Å²) in [6.45, 7) is 5.14. The van der Waals surface area contributed by atoms with E-state index in [9.17, 15) is 13.6 Å². The highest BCUT2D eigenvalue weighted by Gasteiger charge is 2.35. The number of para-hydroxylation sites is 1. The SMILES string of the molecule is COCCN1C[C@@H](NC(=O)Nc2c(C)c(-c3cnn(CC4CC4)c3)nn2-c2ccccc2)[C@H](c2ccc(F)c(F)c2)C1. The van der Waals surface area contributed by atoms with Gasteiger partial charge in [0.1, 0.15) is 11.5 Å². The van der Waals surface area contributed by atoms with Crippen LogP contribution in [-0.2, 0) is 11.3 Å². The van der Waals surface area contributed by atoms with Crippen LogP contribution in [-0.4, -0.2) is 69.9 Å². The number of ether oxygens (including phenoxy) is 1. The second-order valence-electron chi connectivity index (χ2n) is 11.2. The van der Waals surface area contributed by atoms with Crippen molar-refractivity contribution < 1.29 is 18.3 Å². The van der Waals surface area contributed by atoms with Crippen LogP contribution in [0, 0.1) is 24.5 Å². The number of carbonyl (C=O) groups excluding carboxylic acids is 1. The standard InChI is InChI=1S/C31H35F2N7O2/c1-20-29(23-15-34-39(17-23)16-21-8-9-21)37-40(24-6-4-3-5-7-24)30(20)36-31(41)35-28-19-38(12-13-42-2)18-25(28)22-10-11-26(32)27(33)14-22/h3-7,10-11,14-15,17,21,25,28H,8-9,12-13,16,18-19H2,1-2H3,(H2,35,36,41)/t25-,28+/m0/s1. The zero-order chi connectivity index (χ0) is 29.2. The summed E-state index contributed by atoms with van der Waals surface area (Å²) < 4.78 is 36.8. The van der Waals surface area contributed by atoms with Crippen LogP contribution in [0.15, 0.2) is 60.9 Å². The number of urea groups is 1. The Kier molecular flexibility index (Phi) is 8.03. The maximum atomic E-state index is 14.1. The normalized spacial score (nSPS) is 18.9. The van der Waals surface area contributed by atoms with Gasteiger partial charge < -0.3 is 10.1 Å². The lowest BCUT2D eigenvalue weighted by atomic mass is 9.94. The number of halogens is 2. The van der Waals surface area contributed by atoms with Gasteiger partial charge in [-0.1, -0.05) is 24.3 Å². The highest BCUT2D eigenvalue weighted by atomic mass is 19.2. The molecule has 11 heteroatoms. The van der Waals surface area contributed by atoms with E-state index in [1.807, 2.05) is 54.3 Å². The van der Waals surface area contributed by atoms with Crippen LogP contribution in [0.5, 0.6) is 0 Å². The van der Waals surface area contributed by atoms with Crippen molar-refractivity contribution in [2.24, 2.45) is 5.92 Å². The average Bonchev–Trinajstić information content (AvgIpc) is 3.38. The Morgan fingerprint density at radius 3 is 2.64 bits per heavy atom. The molecule has 1 saturated carbocycles. The fourth-order valence-electron chi connectivity index (χ4n) is 5.65. The molecule has 2 aromatic carbocycles.